The lowest BCUT2D eigenvalue weighted by atomic mass is 9.87. The van der Waals surface area contributed by atoms with Gasteiger partial charge in [0, 0.05) is 5.56 Å². The Hall–Kier alpha value is -1.06. The molecular weight excluding hydrogens is 226 g/mol. The Morgan fingerprint density at radius 2 is 2.00 bits per heavy atom. The summed E-state index contributed by atoms with van der Waals surface area (Å²) in [6.07, 6.45) is 0.668. The van der Waals surface area contributed by atoms with Gasteiger partial charge >= 0.3 is 0 Å². The van der Waals surface area contributed by atoms with Gasteiger partial charge in [-0.3, -0.25) is 0 Å². The summed E-state index contributed by atoms with van der Waals surface area (Å²) in [6, 6.07) is 4.06. The summed E-state index contributed by atoms with van der Waals surface area (Å²) in [6.45, 7) is 9.68. The summed E-state index contributed by atoms with van der Waals surface area (Å²) in [4.78, 5) is 0. The lowest BCUT2D eigenvalue weighted by Crippen LogP contribution is -2.29. The van der Waals surface area contributed by atoms with E-state index in [0.717, 1.165) is 35.5 Å². The van der Waals surface area contributed by atoms with Crippen molar-refractivity contribution >= 4 is 0 Å². The molecule has 0 aliphatic heterocycles. The van der Waals surface area contributed by atoms with Crippen molar-refractivity contribution in [2.75, 3.05) is 20.2 Å². The zero-order valence-corrected chi connectivity index (χ0v) is 12.1. The van der Waals surface area contributed by atoms with Gasteiger partial charge in [-0.05, 0) is 57.5 Å². The molecular formula is C15H25NO2. The summed E-state index contributed by atoms with van der Waals surface area (Å²) in [5.41, 5.74) is 2.25. The van der Waals surface area contributed by atoms with Gasteiger partial charge in [-0.25, -0.2) is 0 Å². The fourth-order valence-electron chi connectivity index (χ4n) is 2.41. The minimum Gasteiger partial charge on any atom is -0.496 e. The minimum absolute atomic E-state index is 0.668. The molecule has 2 N–H and O–H groups in total. The molecule has 0 bridgehead atoms. The zero-order valence-electron chi connectivity index (χ0n) is 12.1. The monoisotopic (exact) mass is 251 g/mol. The first-order valence-electron chi connectivity index (χ1n) is 6.51. The molecule has 0 saturated heterocycles. The SMILES string of the molecule is CCNCCC(C)(O)c1c(C)cc(C)cc1OC. The molecule has 1 aromatic carbocycles. The maximum atomic E-state index is 10.7. The van der Waals surface area contributed by atoms with Crippen LogP contribution in [0.2, 0.25) is 0 Å². The van der Waals surface area contributed by atoms with E-state index in [1.54, 1.807) is 7.11 Å². The molecule has 18 heavy (non-hydrogen) atoms. The molecule has 1 aromatic rings. The predicted octanol–water partition coefficient (Wildman–Crippen LogP) is 2.52. The summed E-state index contributed by atoms with van der Waals surface area (Å²) < 4.78 is 5.42. The number of hydrogen-bond acceptors (Lipinski definition) is 3. The summed E-state index contributed by atoms with van der Waals surface area (Å²) in [7, 11) is 1.65. The maximum absolute atomic E-state index is 10.7. The molecule has 0 aliphatic rings. The molecule has 0 amide bonds. The van der Waals surface area contributed by atoms with E-state index in [1.807, 2.05) is 26.8 Å². The number of rotatable bonds is 6. The number of aliphatic hydroxyl groups is 1. The number of benzene rings is 1. The van der Waals surface area contributed by atoms with Gasteiger partial charge in [0.25, 0.3) is 0 Å². The predicted molar refractivity (Wildman–Crippen MR) is 75.2 cm³/mol. The third kappa shape index (κ3) is 3.47. The standard InChI is InChI=1S/C15H25NO2/c1-6-16-8-7-15(4,17)14-12(3)9-11(2)10-13(14)18-5/h9-10,16-17H,6-8H2,1-5H3. The van der Waals surface area contributed by atoms with Crippen LogP contribution in [0, 0.1) is 13.8 Å². The molecule has 1 unspecified atom stereocenters. The molecule has 0 saturated carbocycles. The van der Waals surface area contributed by atoms with Crippen LogP contribution in [0.3, 0.4) is 0 Å². The Morgan fingerprint density at radius 1 is 1.33 bits per heavy atom. The topological polar surface area (TPSA) is 41.5 Å². The molecule has 102 valence electrons. The van der Waals surface area contributed by atoms with E-state index in [0.29, 0.717) is 6.42 Å². The largest absolute Gasteiger partial charge is 0.496 e. The number of aryl methyl sites for hydroxylation is 2. The van der Waals surface area contributed by atoms with Gasteiger partial charge in [0.2, 0.25) is 0 Å². The molecule has 0 aromatic heterocycles. The van der Waals surface area contributed by atoms with Gasteiger partial charge in [0.1, 0.15) is 5.75 Å². The highest BCUT2D eigenvalue weighted by atomic mass is 16.5. The van der Waals surface area contributed by atoms with Gasteiger partial charge < -0.3 is 15.2 Å². The van der Waals surface area contributed by atoms with E-state index in [-0.39, 0.29) is 0 Å². The average molecular weight is 251 g/mol. The lowest BCUT2D eigenvalue weighted by molar-refractivity contribution is 0.0450. The number of nitrogens with one attached hydrogen (secondary N) is 1. The molecule has 0 spiro atoms. The van der Waals surface area contributed by atoms with Crippen molar-refractivity contribution in [1.82, 2.24) is 5.32 Å². The van der Waals surface area contributed by atoms with Crippen LogP contribution in [-0.2, 0) is 5.60 Å². The first-order chi connectivity index (χ1) is 8.42. The Labute approximate surface area is 110 Å². The molecule has 3 heteroatoms. The van der Waals surface area contributed by atoms with Gasteiger partial charge in [-0.15, -0.1) is 0 Å². The fraction of sp³-hybridized carbons (Fsp3) is 0.600. The molecule has 0 heterocycles. The Balaban J connectivity index is 3.06. The van der Waals surface area contributed by atoms with E-state index in [9.17, 15) is 5.11 Å². The summed E-state index contributed by atoms with van der Waals surface area (Å²) in [5.74, 6) is 0.772. The molecule has 3 nitrogen and oxygen atoms in total. The highest BCUT2D eigenvalue weighted by molar-refractivity contribution is 5.46. The zero-order chi connectivity index (χ0) is 13.8. The second-order valence-corrected chi connectivity index (χ2v) is 5.04. The van der Waals surface area contributed by atoms with Crippen molar-refractivity contribution in [1.29, 1.82) is 0 Å². The minimum atomic E-state index is -0.870. The quantitative estimate of drug-likeness (QED) is 0.763. The van der Waals surface area contributed by atoms with E-state index in [1.165, 1.54) is 0 Å². The highest BCUT2D eigenvalue weighted by Crippen LogP contribution is 2.35. The summed E-state index contributed by atoms with van der Waals surface area (Å²) in [5, 5.41) is 13.9. The van der Waals surface area contributed by atoms with Gasteiger partial charge in [0.15, 0.2) is 0 Å². The van der Waals surface area contributed by atoms with Crippen LogP contribution in [-0.4, -0.2) is 25.3 Å². The van der Waals surface area contributed by atoms with E-state index >= 15 is 0 Å². The van der Waals surface area contributed by atoms with Crippen LogP contribution in [0.4, 0.5) is 0 Å². The van der Waals surface area contributed by atoms with Crippen LogP contribution >= 0.6 is 0 Å². The Kier molecular flexibility index (Phi) is 5.17. The molecule has 0 radical (unpaired) electrons. The van der Waals surface area contributed by atoms with Crippen molar-refractivity contribution in [2.24, 2.45) is 0 Å². The second-order valence-electron chi connectivity index (χ2n) is 5.04. The fourth-order valence-corrected chi connectivity index (χ4v) is 2.41. The third-order valence-electron chi connectivity index (χ3n) is 3.24. The smallest absolute Gasteiger partial charge is 0.125 e. The maximum Gasteiger partial charge on any atom is 0.125 e. The van der Waals surface area contributed by atoms with Crippen molar-refractivity contribution in [3.8, 4) is 5.75 Å². The van der Waals surface area contributed by atoms with Crippen LogP contribution < -0.4 is 10.1 Å². The van der Waals surface area contributed by atoms with Crippen molar-refractivity contribution in [2.45, 2.75) is 39.7 Å². The van der Waals surface area contributed by atoms with Crippen molar-refractivity contribution in [3.63, 3.8) is 0 Å². The number of hydrogen-bond donors (Lipinski definition) is 2. The van der Waals surface area contributed by atoms with E-state index < -0.39 is 5.60 Å². The van der Waals surface area contributed by atoms with Crippen LogP contribution in [0.5, 0.6) is 5.75 Å². The lowest BCUT2D eigenvalue weighted by Gasteiger charge is -2.28. The Morgan fingerprint density at radius 3 is 2.56 bits per heavy atom. The van der Waals surface area contributed by atoms with Gasteiger partial charge in [0.05, 0.1) is 12.7 Å². The number of ether oxygens (including phenoxy) is 1. The van der Waals surface area contributed by atoms with Crippen molar-refractivity contribution in [3.05, 3.63) is 28.8 Å². The van der Waals surface area contributed by atoms with Gasteiger partial charge in [-0.1, -0.05) is 13.0 Å². The molecule has 1 atom stereocenters. The number of methoxy groups -OCH3 is 1. The first kappa shape index (κ1) is 15.0. The highest BCUT2D eigenvalue weighted by Gasteiger charge is 2.28. The van der Waals surface area contributed by atoms with Crippen LogP contribution in [0.1, 0.15) is 37.0 Å². The Bertz CT molecular complexity index is 400. The van der Waals surface area contributed by atoms with Crippen LogP contribution in [0.15, 0.2) is 12.1 Å². The molecule has 1 rings (SSSR count). The first-order valence-corrected chi connectivity index (χ1v) is 6.51. The van der Waals surface area contributed by atoms with Crippen molar-refractivity contribution < 1.29 is 9.84 Å². The van der Waals surface area contributed by atoms with Crippen LogP contribution in [0.25, 0.3) is 0 Å². The molecule has 0 fully saturated rings. The van der Waals surface area contributed by atoms with Gasteiger partial charge in [-0.2, -0.15) is 0 Å². The van der Waals surface area contributed by atoms with E-state index in [2.05, 4.69) is 18.3 Å². The molecule has 0 aliphatic carbocycles. The summed E-state index contributed by atoms with van der Waals surface area (Å²) >= 11 is 0. The average Bonchev–Trinajstić information content (AvgIpc) is 2.27. The normalized spacial score (nSPS) is 14.3. The second kappa shape index (κ2) is 6.21. The van der Waals surface area contributed by atoms with E-state index in [4.69, 9.17) is 4.74 Å². The third-order valence-corrected chi connectivity index (χ3v) is 3.24.